The molecule has 0 bridgehead atoms. The van der Waals surface area contributed by atoms with Gasteiger partial charge in [-0.25, -0.2) is 0 Å². The van der Waals surface area contributed by atoms with Gasteiger partial charge < -0.3 is 23.9 Å². The van der Waals surface area contributed by atoms with Gasteiger partial charge in [0.05, 0.1) is 34.0 Å². The van der Waals surface area contributed by atoms with E-state index in [-0.39, 0.29) is 12.3 Å². The monoisotopic (exact) mass is 383 g/mol. The normalized spacial score (nSPS) is 10.8. The van der Waals surface area contributed by atoms with Gasteiger partial charge in [0.25, 0.3) is 0 Å². The second-order valence-corrected chi connectivity index (χ2v) is 6.67. The zero-order chi connectivity index (χ0) is 20.3. The van der Waals surface area contributed by atoms with Crippen molar-refractivity contribution in [3.8, 4) is 17.2 Å². The molecule has 0 radical (unpaired) electrons. The molecule has 1 amide bonds. The molecule has 0 saturated heterocycles. The minimum absolute atomic E-state index is 0.0993. The molecule has 0 unspecified atom stereocenters. The van der Waals surface area contributed by atoms with E-state index in [1.807, 2.05) is 13.0 Å². The first-order valence-corrected chi connectivity index (χ1v) is 8.99. The Hall–Kier alpha value is -3.15. The summed E-state index contributed by atoms with van der Waals surface area (Å²) in [5.41, 5.74) is 4.81. The lowest BCUT2D eigenvalue weighted by Gasteiger charge is -2.14. The average molecular weight is 383 g/mol. The molecule has 3 aromatic rings. The predicted molar refractivity (Wildman–Crippen MR) is 107 cm³/mol. The van der Waals surface area contributed by atoms with Crippen LogP contribution in [-0.4, -0.2) is 27.2 Å². The molecular formula is C22H25NO5. The smallest absolute Gasteiger partial charge is 0.224 e. The van der Waals surface area contributed by atoms with E-state index < -0.39 is 0 Å². The van der Waals surface area contributed by atoms with Gasteiger partial charge in [0, 0.05) is 29.1 Å². The van der Waals surface area contributed by atoms with Crippen molar-refractivity contribution in [2.24, 2.45) is 0 Å². The fourth-order valence-electron chi connectivity index (χ4n) is 3.13. The van der Waals surface area contributed by atoms with Crippen molar-refractivity contribution in [1.82, 2.24) is 5.32 Å². The zero-order valence-electron chi connectivity index (χ0n) is 16.8. The summed E-state index contributed by atoms with van der Waals surface area (Å²) in [6.07, 6.45) is 1.89. The Morgan fingerprint density at radius 1 is 0.893 bits per heavy atom. The van der Waals surface area contributed by atoms with E-state index in [9.17, 15) is 4.79 Å². The van der Waals surface area contributed by atoms with Gasteiger partial charge in [-0.05, 0) is 43.2 Å². The Bertz CT molecular complexity index is 1010. The van der Waals surface area contributed by atoms with Crippen LogP contribution in [0.3, 0.4) is 0 Å². The summed E-state index contributed by atoms with van der Waals surface area (Å²) in [7, 11) is 4.71. The summed E-state index contributed by atoms with van der Waals surface area (Å²) in [5.74, 6) is 1.68. The van der Waals surface area contributed by atoms with Gasteiger partial charge >= 0.3 is 0 Å². The van der Waals surface area contributed by atoms with Crippen molar-refractivity contribution < 1.29 is 23.4 Å². The van der Waals surface area contributed by atoms with Crippen LogP contribution in [0.15, 0.2) is 34.9 Å². The lowest BCUT2D eigenvalue weighted by Crippen LogP contribution is -2.24. The van der Waals surface area contributed by atoms with Crippen LogP contribution in [0.5, 0.6) is 17.2 Å². The number of benzene rings is 2. The van der Waals surface area contributed by atoms with Crippen LogP contribution >= 0.6 is 0 Å². The minimum atomic E-state index is -0.0993. The second kappa shape index (κ2) is 8.25. The molecule has 28 heavy (non-hydrogen) atoms. The Morgan fingerprint density at radius 2 is 1.54 bits per heavy atom. The fraction of sp³-hybridized carbons (Fsp3) is 0.318. The van der Waals surface area contributed by atoms with E-state index in [4.69, 9.17) is 18.6 Å². The van der Waals surface area contributed by atoms with Crippen molar-refractivity contribution in [3.63, 3.8) is 0 Å². The molecule has 0 saturated carbocycles. The molecular weight excluding hydrogens is 358 g/mol. The Labute approximate surface area is 164 Å². The minimum Gasteiger partial charge on any atom is -0.496 e. The third kappa shape index (κ3) is 3.91. The lowest BCUT2D eigenvalue weighted by atomic mass is 10.0. The third-order valence-electron chi connectivity index (χ3n) is 4.88. The number of hydrogen-bond donors (Lipinski definition) is 1. The van der Waals surface area contributed by atoms with E-state index in [0.717, 1.165) is 22.1 Å². The van der Waals surface area contributed by atoms with Crippen molar-refractivity contribution in [1.29, 1.82) is 0 Å². The number of rotatable bonds is 7. The quantitative estimate of drug-likeness (QED) is 0.669. The van der Waals surface area contributed by atoms with Crippen LogP contribution in [0.2, 0.25) is 0 Å². The molecule has 0 aliphatic carbocycles. The van der Waals surface area contributed by atoms with Crippen LogP contribution in [0, 0.1) is 13.8 Å². The maximum atomic E-state index is 12.5. The molecule has 6 nitrogen and oxygen atoms in total. The van der Waals surface area contributed by atoms with Gasteiger partial charge in [-0.15, -0.1) is 0 Å². The summed E-state index contributed by atoms with van der Waals surface area (Å²) < 4.78 is 21.6. The topological polar surface area (TPSA) is 69.9 Å². The van der Waals surface area contributed by atoms with Gasteiger partial charge in [-0.3, -0.25) is 4.79 Å². The van der Waals surface area contributed by atoms with Gasteiger partial charge in [-0.2, -0.15) is 0 Å². The zero-order valence-corrected chi connectivity index (χ0v) is 16.8. The number of aryl methyl sites for hydroxylation is 2. The molecule has 1 heterocycles. The van der Waals surface area contributed by atoms with Gasteiger partial charge in [0.1, 0.15) is 11.3 Å². The SMILES string of the molecule is COc1cc(OC)c(OC)cc1CNC(=O)Cc1coc2cc(C)c(C)cc12. The van der Waals surface area contributed by atoms with E-state index in [0.29, 0.717) is 23.8 Å². The highest BCUT2D eigenvalue weighted by atomic mass is 16.5. The van der Waals surface area contributed by atoms with Crippen molar-refractivity contribution in [2.45, 2.75) is 26.8 Å². The highest BCUT2D eigenvalue weighted by molar-refractivity contribution is 5.88. The van der Waals surface area contributed by atoms with Gasteiger partial charge in [0.2, 0.25) is 5.91 Å². The van der Waals surface area contributed by atoms with Crippen LogP contribution in [0.25, 0.3) is 11.0 Å². The number of hydrogen-bond acceptors (Lipinski definition) is 5. The van der Waals surface area contributed by atoms with E-state index >= 15 is 0 Å². The summed E-state index contributed by atoms with van der Waals surface area (Å²) in [4.78, 5) is 12.5. The standard InChI is InChI=1S/C22H25NO5/c1-13-6-17-16(12-28-19(17)7-14(13)2)9-22(24)23-11-15-8-20(26-4)21(27-5)10-18(15)25-3/h6-8,10,12H,9,11H2,1-5H3,(H,23,24). The number of carbonyl (C=O) groups is 1. The van der Waals surface area contributed by atoms with Crippen LogP contribution in [0.1, 0.15) is 22.3 Å². The van der Waals surface area contributed by atoms with Crippen LogP contribution < -0.4 is 19.5 Å². The Morgan fingerprint density at radius 3 is 2.21 bits per heavy atom. The molecule has 3 rings (SSSR count). The lowest BCUT2D eigenvalue weighted by molar-refractivity contribution is -0.120. The number of methoxy groups -OCH3 is 3. The van der Waals surface area contributed by atoms with Crippen molar-refractivity contribution >= 4 is 16.9 Å². The molecule has 148 valence electrons. The average Bonchev–Trinajstić information content (AvgIpc) is 3.07. The molecule has 1 aromatic heterocycles. The summed E-state index contributed by atoms with van der Waals surface area (Å²) >= 11 is 0. The largest absolute Gasteiger partial charge is 0.496 e. The van der Waals surface area contributed by atoms with Gasteiger partial charge in [-0.1, -0.05) is 0 Å². The van der Waals surface area contributed by atoms with Gasteiger partial charge in [0.15, 0.2) is 11.5 Å². The summed E-state index contributed by atoms with van der Waals surface area (Å²) in [6.45, 7) is 4.41. The predicted octanol–water partition coefficient (Wildman–Crippen LogP) is 3.93. The molecule has 1 N–H and O–H groups in total. The molecule has 0 atom stereocenters. The first-order valence-electron chi connectivity index (χ1n) is 8.99. The number of carbonyl (C=O) groups excluding carboxylic acids is 1. The Balaban J connectivity index is 1.74. The van der Waals surface area contributed by atoms with E-state index in [2.05, 4.69) is 18.3 Å². The van der Waals surface area contributed by atoms with Crippen LogP contribution in [-0.2, 0) is 17.8 Å². The van der Waals surface area contributed by atoms with Crippen molar-refractivity contribution in [2.75, 3.05) is 21.3 Å². The number of ether oxygens (including phenoxy) is 3. The molecule has 2 aromatic carbocycles. The van der Waals surface area contributed by atoms with Crippen LogP contribution in [0.4, 0.5) is 0 Å². The highest BCUT2D eigenvalue weighted by Crippen LogP contribution is 2.34. The number of amides is 1. The maximum Gasteiger partial charge on any atom is 0.224 e. The fourth-order valence-corrected chi connectivity index (χ4v) is 3.13. The molecule has 6 heteroatoms. The summed E-state index contributed by atoms with van der Waals surface area (Å²) in [5, 5.41) is 3.91. The van der Waals surface area contributed by atoms with Crippen molar-refractivity contribution in [3.05, 3.63) is 52.8 Å². The number of nitrogens with one attached hydrogen (secondary N) is 1. The first-order chi connectivity index (χ1) is 13.5. The molecule has 0 aliphatic rings. The second-order valence-electron chi connectivity index (χ2n) is 6.67. The number of fused-ring (bicyclic) bond motifs is 1. The van der Waals surface area contributed by atoms with E-state index in [1.54, 1.807) is 39.7 Å². The molecule has 0 spiro atoms. The third-order valence-corrected chi connectivity index (χ3v) is 4.88. The highest BCUT2D eigenvalue weighted by Gasteiger charge is 2.15. The maximum absolute atomic E-state index is 12.5. The molecule has 0 aliphatic heterocycles. The Kier molecular flexibility index (Phi) is 5.78. The first kappa shape index (κ1) is 19.6. The molecule has 0 fully saturated rings. The van der Waals surface area contributed by atoms with E-state index in [1.165, 1.54) is 11.1 Å². The number of furan rings is 1. The summed E-state index contributed by atoms with van der Waals surface area (Å²) in [6, 6.07) is 7.61.